The van der Waals surface area contributed by atoms with Gasteiger partial charge >= 0.3 is 0 Å². The molecule has 1 aromatic heterocycles. The SMILES string of the molecule is CCCNc1ncc(C)c(NC2CCC(O)CC2)n1. The van der Waals surface area contributed by atoms with Gasteiger partial charge in [-0.2, -0.15) is 4.98 Å². The summed E-state index contributed by atoms with van der Waals surface area (Å²) >= 11 is 0. The normalized spacial score (nSPS) is 23.1. The molecule has 0 saturated heterocycles. The number of anilines is 2. The second kappa shape index (κ2) is 6.70. The molecule has 5 heteroatoms. The van der Waals surface area contributed by atoms with E-state index in [4.69, 9.17) is 0 Å². The number of rotatable bonds is 5. The van der Waals surface area contributed by atoms with Gasteiger partial charge in [0.2, 0.25) is 5.95 Å². The first-order chi connectivity index (χ1) is 9.19. The Labute approximate surface area is 114 Å². The van der Waals surface area contributed by atoms with E-state index in [1.807, 2.05) is 13.1 Å². The van der Waals surface area contributed by atoms with Crippen molar-refractivity contribution >= 4 is 11.8 Å². The van der Waals surface area contributed by atoms with Crippen LogP contribution < -0.4 is 10.6 Å². The van der Waals surface area contributed by atoms with Gasteiger partial charge in [-0.15, -0.1) is 0 Å². The first kappa shape index (κ1) is 14.1. The van der Waals surface area contributed by atoms with Gasteiger partial charge in [-0.3, -0.25) is 0 Å². The minimum absolute atomic E-state index is 0.119. The lowest BCUT2D eigenvalue weighted by molar-refractivity contribution is 0.126. The Kier molecular flexibility index (Phi) is 4.96. The van der Waals surface area contributed by atoms with Crippen LogP contribution in [0.15, 0.2) is 6.20 Å². The summed E-state index contributed by atoms with van der Waals surface area (Å²) in [5, 5.41) is 16.2. The minimum Gasteiger partial charge on any atom is -0.393 e. The zero-order chi connectivity index (χ0) is 13.7. The highest BCUT2D eigenvalue weighted by molar-refractivity contribution is 5.47. The average molecular weight is 264 g/mol. The van der Waals surface area contributed by atoms with E-state index >= 15 is 0 Å². The highest BCUT2D eigenvalue weighted by Crippen LogP contribution is 2.23. The molecule has 1 aromatic rings. The molecule has 2 rings (SSSR count). The van der Waals surface area contributed by atoms with E-state index in [-0.39, 0.29) is 6.10 Å². The lowest BCUT2D eigenvalue weighted by Gasteiger charge is -2.27. The molecule has 0 aromatic carbocycles. The summed E-state index contributed by atoms with van der Waals surface area (Å²) in [6.07, 6.45) is 6.55. The number of nitrogens with zero attached hydrogens (tertiary/aromatic N) is 2. The van der Waals surface area contributed by atoms with Gasteiger partial charge in [0, 0.05) is 24.3 Å². The maximum absolute atomic E-state index is 9.53. The molecule has 1 heterocycles. The Bertz CT molecular complexity index is 402. The first-order valence-electron chi connectivity index (χ1n) is 7.21. The van der Waals surface area contributed by atoms with Crippen LogP contribution >= 0.6 is 0 Å². The molecule has 0 unspecified atom stereocenters. The van der Waals surface area contributed by atoms with Crippen molar-refractivity contribution in [3.05, 3.63) is 11.8 Å². The summed E-state index contributed by atoms with van der Waals surface area (Å²) in [6.45, 7) is 5.02. The van der Waals surface area contributed by atoms with Gasteiger partial charge in [-0.05, 0) is 39.0 Å². The predicted molar refractivity (Wildman–Crippen MR) is 77.4 cm³/mol. The van der Waals surface area contributed by atoms with Crippen LogP contribution in [-0.4, -0.2) is 33.8 Å². The van der Waals surface area contributed by atoms with Crippen LogP contribution in [0.1, 0.15) is 44.6 Å². The first-order valence-corrected chi connectivity index (χ1v) is 7.21. The molecule has 0 aliphatic heterocycles. The molecule has 0 spiro atoms. The van der Waals surface area contributed by atoms with Crippen LogP contribution in [0.4, 0.5) is 11.8 Å². The monoisotopic (exact) mass is 264 g/mol. The predicted octanol–water partition coefficient (Wildman–Crippen LogP) is 2.32. The molecule has 0 amide bonds. The molecule has 1 saturated carbocycles. The van der Waals surface area contributed by atoms with Gasteiger partial charge < -0.3 is 15.7 Å². The van der Waals surface area contributed by atoms with E-state index in [1.165, 1.54) is 0 Å². The summed E-state index contributed by atoms with van der Waals surface area (Å²) in [7, 11) is 0. The zero-order valence-electron chi connectivity index (χ0n) is 11.8. The third-order valence-corrected chi connectivity index (χ3v) is 3.54. The summed E-state index contributed by atoms with van der Waals surface area (Å²) < 4.78 is 0. The smallest absolute Gasteiger partial charge is 0.224 e. The van der Waals surface area contributed by atoms with Crippen molar-refractivity contribution in [1.82, 2.24) is 9.97 Å². The summed E-state index contributed by atoms with van der Waals surface area (Å²) in [5.41, 5.74) is 1.06. The molecule has 0 radical (unpaired) electrons. The van der Waals surface area contributed by atoms with Crippen molar-refractivity contribution in [3.8, 4) is 0 Å². The maximum Gasteiger partial charge on any atom is 0.224 e. The quantitative estimate of drug-likeness (QED) is 0.761. The van der Waals surface area contributed by atoms with Gasteiger partial charge in [0.25, 0.3) is 0 Å². The molecule has 106 valence electrons. The second-order valence-electron chi connectivity index (χ2n) is 5.30. The Morgan fingerprint density at radius 1 is 1.32 bits per heavy atom. The molecule has 0 atom stereocenters. The molecular weight excluding hydrogens is 240 g/mol. The van der Waals surface area contributed by atoms with Gasteiger partial charge in [-0.1, -0.05) is 6.92 Å². The van der Waals surface area contributed by atoms with E-state index in [2.05, 4.69) is 27.5 Å². The van der Waals surface area contributed by atoms with Gasteiger partial charge in [-0.25, -0.2) is 4.98 Å². The number of aromatic nitrogens is 2. The van der Waals surface area contributed by atoms with Gasteiger partial charge in [0.05, 0.1) is 6.10 Å². The third-order valence-electron chi connectivity index (χ3n) is 3.54. The van der Waals surface area contributed by atoms with Crippen LogP contribution in [0.2, 0.25) is 0 Å². The second-order valence-corrected chi connectivity index (χ2v) is 5.30. The van der Waals surface area contributed by atoms with Crippen molar-refractivity contribution < 1.29 is 5.11 Å². The van der Waals surface area contributed by atoms with Crippen molar-refractivity contribution in [3.63, 3.8) is 0 Å². The van der Waals surface area contributed by atoms with Crippen LogP contribution in [-0.2, 0) is 0 Å². The topological polar surface area (TPSA) is 70.1 Å². The summed E-state index contributed by atoms with van der Waals surface area (Å²) in [4.78, 5) is 8.81. The number of aliphatic hydroxyl groups excluding tert-OH is 1. The lowest BCUT2D eigenvalue weighted by atomic mass is 9.93. The molecule has 1 fully saturated rings. The maximum atomic E-state index is 9.53. The van der Waals surface area contributed by atoms with Crippen molar-refractivity contribution in [1.29, 1.82) is 0 Å². The third kappa shape index (κ3) is 4.06. The minimum atomic E-state index is -0.119. The fraction of sp³-hybridized carbons (Fsp3) is 0.714. The number of nitrogens with one attached hydrogen (secondary N) is 2. The van der Waals surface area contributed by atoms with Crippen LogP contribution in [0.25, 0.3) is 0 Å². The number of hydrogen-bond acceptors (Lipinski definition) is 5. The van der Waals surface area contributed by atoms with Crippen LogP contribution in [0, 0.1) is 6.92 Å². The number of aryl methyl sites for hydroxylation is 1. The number of hydrogen-bond donors (Lipinski definition) is 3. The average Bonchev–Trinajstić information content (AvgIpc) is 2.42. The number of aliphatic hydroxyl groups is 1. The molecule has 1 aliphatic carbocycles. The highest BCUT2D eigenvalue weighted by Gasteiger charge is 2.20. The molecular formula is C14H24N4O. The summed E-state index contributed by atoms with van der Waals surface area (Å²) in [6, 6.07) is 0.413. The largest absolute Gasteiger partial charge is 0.393 e. The Morgan fingerprint density at radius 3 is 2.74 bits per heavy atom. The van der Waals surface area contributed by atoms with Crippen LogP contribution in [0.5, 0.6) is 0 Å². The van der Waals surface area contributed by atoms with Crippen molar-refractivity contribution in [2.75, 3.05) is 17.2 Å². The van der Waals surface area contributed by atoms with Crippen molar-refractivity contribution in [2.45, 2.75) is 58.1 Å². The molecule has 5 nitrogen and oxygen atoms in total. The fourth-order valence-electron chi connectivity index (χ4n) is 2.32. The van der Waals surface area contributed by atoms with Gasteiger partial charge in [0.15, 0.2) is 0 Å². The molecule has 0 bridgehead atoms. The standard InChI is InChI=1S/C14H24N4O/c1-3-8-15-14-16-9-10(2)13(18-14)17-11-4-6-12(19)7-5-11/h9,11-12,19H,3-8H2,1-2H3,(H2,15,16,17,18). The zero-order valence-corrected chi connectivity index (χ0v) is 11.8. The highest BCUT2D eigenvalue weighted by atomic mass is 16.3. The van der Waals surface area contributed by atoms with E-state index in [0.717, 1.165) is 50.0 Å². The lowest BCUT2D eigenvalue weighted by Crippen LogP contribution is -2.29. The van der Waals surface area contributed by atoms with Gasteiger partial charge in [0.1, 0.15) is 5.82 Å². The fourth-order valence-corrected chi connectivity index (χ4v) is 2.32. The van der Waals surface area contributed by atoms with Crippen molar-refractivity contribution in [2.24, 2.45) is 0 Å². The van der Waals surface area contributed by atoms with E-state index in [1.54, 1.807) is 0 Å². The molecule has 19 heavy (non-hydrogen) atoms. The van der Waals surface area contributed by atoms with E-state index in [9.17, 15) is 5.11 Å². The molecule has 3 N–H and O–H groups in total. The molecule has 1 aliphatic rings. The van der Waals surface area contributed by atoms with Crippen LogP contribution in [0.3, 0.4) is 0 Å². The van der Waals surface area contributed by atoms with E-state index in [0.29, 0.717) is 12.0 Å². The Balaban J connectivity index is 1.98. The Hall–Kier alpha value is -1.36. The summed E-state index contributed by atoms with van der Waals surface area (Å²) in [5.74, 6) is 1.60. The Morgan fingerprint density at radius 2 is 2.05 bits per heavy atom. The van der Waals surface area contributed by atoms with E-state index < -0.39 is 0 Å².